The number of hydrogen-bond acceptors (Lipinski definition) is 0. The molecule has 3 fully saturated rings. The van der Waals surface area contributed by atoms with Crippen LogP contribution in [0.4, 0.5) is 17.6 Å². The van der Waals surface area contributed by atoms with Crippen molar-refractivity contribution in [1.29, 1.82) is 0 Å². The number of benzene rings is 2. The molecule has 0 aromatic heterocycles. The molecule has 0 atom stereocenters. The molecule has 5 heteroatoms. The fraction of sp³-hybridized carbons (Fsp3) is 0.676. The third-order valence-electron chi connectivity index (χ3n) is 10.6. The first-order valence-electron chi connectivity index (χ1n) is 16.5. The highest BCUT2D eigenvalue weighted by molar-refractivity contribution is 5.75. The van der Waals surface area contributed by atoms with Crippen LogP contribution in [0.1, 0.15) is 120 Å². The third-order valence-corrected chi connectivity index (χ3v) is 10.6. The summed E-state index contributed by atoms with van der Waals surface area (Å²) in [4.78, 5) is 0. The van der Waals surface area contributed by atoms with Crippen LogP contribution in [0.3, 0.4) is 0 Å². The summed E-state index contributed by atoms with van der Waals surface area (Å²) in [6.07, 6.45) is 18.2. The first-order chi connectivity index (χ1) is 19.6. The van der Waals surface area contributed by atoms with Gasteiger partial charge in [-0.25, -0.2) is 17.6 Å². The van der Waals surface area contributed by atoms with Crippen LogP contribution >= 0.6 is 0 Å². The van der Waals surface area contributed by atoms with E-state index in [-0.39, 0.29) is 8.41 Å². The summed E-state index contributed by atoms with van der Waals surface area (Å²) in [6, 6.07) is 6.91. The molecule has 3 aliphatic carbocycles. The van der Waals surface area contributed by atoms with Crippen LogP contribution in [-0.2, 0) is 12.8 Å². The largest absolute Gasteiger partial charge is 0.203 e. The summed E-state index contributed by atoms with van der Waals surface area (Å²) in [7, 11) is 0. The van der Waals surface area contributed by atoms with E-state index in [1.54, 1.807) is 38.1 Å². The van der Waals surface area contributed by atoms with Crippen LogP contribution in [0.15, 0.2) is 24.3 Å². The van der Waals surface area contributed by atoms with Gasteiger partial charge < -0.3 is 0 Å². The van der Waals surface area contributed by atoms with Gasteiger partial charge in [-0.3, -0.25) is 0 Å². The molecule has 2 aromatic rings. The SMILES string of the molecule is Cc1ccc(CC2CCC(C)CC2)c(F)c1F.Cc1ccc(CC2CCC(CC3CCC(C)CC3)CC2)c(F)c1F.[B]. The fourth-order valence-corrected chi connectivity index (χ4v) is 7.55. The van der Waals surface area contributed by atoms with Crippen molar-refractivity contribution < 1.29 is 17.6 Å². The molecule has 0 aliphatic heterocycles. The predicted molar refractivity (Wildman–Crippen MR) is 168 cm³/mol. The van der Waals surface area contributed by atoms with E-state index in [0.717, 1.165) is 36.5 Å². The van der Waals surface area contributed by atoms with Crippen LogP contribution in [0.2, 0.25) is 0 Å². The lowest BCUT2D eigenvalue weighted by Crippen LogP contribution is -2.21. The lowest BCUT2D eigenvalue weighted by molar-refractivity contribution is 0.195. The average molecular weight is 584 g/mol. The zero-order valence-electron chi connectivity index (χ0n) is 26.5. The van der Waals surface area contributed by atoms with Gasteiger partial charge in [-0.15, -0.1) is 0 Å². The first-order valence-corrected chi connectivity index (χ1v) is 16.5. The molecule has 0 saturated heterocycles. The van der Waals surface area contributed by atoms with Gasteiger partial charge in [-0.2, -0.15) is 0 Å². The van der Waals surface area contributed by atoms with E-state index in [2.05, 4.69) is 13.8 Å². The molecule has 0 bridgehead atoms. The van der Waals surface area contributed by atoms with Crippen molar-refractivity contribution in [2.45, 2.75) is 124 Å². The number of halogens is 4. The van der Waals surface area contributed by atoms with E-state index in [4.69, 9.17) is 0 Å². The monoisotopic (exact) mass is 583 g/mol. The second-order valence-corrected chi connectivity index (χ2v) is 14.1. The smallest absolute Gasteiger partial charge is 0.162 e. The van der Waals surface area contributed by atoms with Crippen molar-refractivity contribution in [3.8, 4) is 0 Å². The Bertz CT molecular complexity index is 1110. The van der Waals surface area contributed by atoms with Crippen LogP contribution < -0.4 is 0 Å². The van der Waals surface area contributed by atoms with Gasteiger partial charge in [0.05, 0.1) is 0 Å². The number of hydrogen-bond donors (Lipinski definition) is 0. The Morgan fingerprint density at radius 1 is 0.476 bits per heavy atom. The highest BCUT2D eigenvalue weighted by atomic mass is 19.2. The summed E-state index contributed by atoms with van der Waals surface area (Å²) in [6.45, 7) is 7.88. The first kappa shape index (κ1) is 34.7. The van der Waals surface area contributed by atoms with Gasteiger partial charge in [-0.05, 0) is 117 Å². The Morgan fingerprint density at radius 2 is 0.786 bits per heavy atom. The minimum absolute atomic E-state index is 0. The molecular formula is C37H52BF4. The maximum absolute atomic E-state index is 14.1. The normalized spacial score (nSPS) is 27.9. The molecule has 42 heavy (non-hydrogen) atoms. The number of aryl methyl sites for hydroxylation is 2. The fourth-order valence-electron chi connectivity index (χ4n) is 7.55. The lowest BCUT2D eigenvalue weighted by atomic mass is 9.72. The zero-order chi connectivity index (χ0) is 29.5. The molecule has 0 unspecified atom stereocenters. The van der Waals surface area contributed by atoms with Crippen LogP contribution in [0.5, 0.6) is 0 Å². The van der Waals surface area contributed by atoms with Gasteiger partial charge in [0, 0.05) is 8.41 Å². The maximum atomic E-state index is 14.1. The van der Waals surface area contributed by atoms with Crippen LogP contribution in [0, 0.1) is 72.6 Å². The minimum Gasteiger partial charge on any atom is -0.203 e. The Morgan fingerprint density at radius 3 is 1.17 bits per heavy atom. The van der Waals surface area contributed by atoms with Gasteiger partial charge in [0.2, 0.25) is 0 Å². The van der Waals surface area contributed by atoms with Gasteiger partial charge in [0.15, 0.2) is 23.3 Å². The van der Waals surface area contributed by atoms with Crippen LogP contribution in [-0.4, -0.2) is 8.41 Å². The van der Waals surface area contributed by atoms with E-state index in [9.17, 15) is 17.6 Å². The topological polar surface area (TPSA) is 0 Å². The van der Waals surface area contributed by atoms with Crippen molar-refractivity contribution in [2.24, 2.45) is 35.5 Å². The van der Waals surface area contributed by atoms with Crippen molar-refractivity contribution >= 4 is 8.41 Å². The maximum Gasteiger partial charge on any atom is 0.162 e. The average Bonchev–Trinajstić information content (AvgIpc) is 2.97. The molecule has 3 radical (unpaired) electrons. The van der Waals surface area contributed by atoms with Gasteiger partial charge in [0.1, 0.15) is 0 Å². The molecule has 0 N–H and O–H groups in total. The third kappa shape index (κ3) is 9.61. The van der Waals surface area contributed by atoms with E-state index in [0.29, 0.717) is 46.9 Å². The van der Waals surface area contributed by atoms with Gasteiger partial charge in [0.25, 0.3) is 0 Å². The van der Waals surface area contributed by atoms with E-state index >= 15 is 0 Å². The van der Waals surface area contributed by atoms with Gasteiger partial charge >= 0.3 is 0 Å². The summed E-state index contributed by atoms with van der Waals surface area (Å²) >= 11 is 0. The van der Waals surface area contributed by atoms with Crippen molar-refractivity contribution in [1.82, 2.24) is 0 Å². The Hall–Kier alpha value is -1.78. The second-order valence-electron chi connectivity index (χ2n) is 14.1. The predicted octanol–water partition coefficient (Wildman–Crippen LogP) is 11.1. The molecule has 0 heterocycles. The Labute approximate surface area is 255 Å². The van der Waals surface area contributed by atoms with E-state index < -0.39 is 23.3 Å². The summed E-state index contributed by atoms with van der Waals surface area (Å²) in [5, 5.41) is 0. The van der Waals surface area contributed by atoms with Crippen molar-refractivity contribution in [3.05, 3.63) is 69.8 Å². The summed E-state index contributed by atoms with van der Waals surface area (Å²) in [5.41, 5.74) is 1.92. The van der Waals surface area contributed by atoms with E-state index in [1.807, 2.05) is 0 Å². The highest BCUT2D eigenvalue weighted by Crippen LogP contribution is 2.39. The highest BCUT2D eigenvalue weighted by Gasteiger charge is 2.27. The minimum atomic E-state index is -0.674. The summed E-state index contributed by atoms with van der Waals surface area (Å²) < 4.78 is 54.9. The second kappa shape index (κ2) is 16.3. The molecular weight excluding hydrogens is 531 g/mol. The zero-order valence-corrected chi connectivity index (χ0v) is 26.5. The number of rotatable bonds is 6. The molecule has 3 saturated carbocycles. The molecule has 2 aromatic carbocycles. The standard InChI is InChI=1S/C22H32F2.C15H20F2.B/c1-15-3-6-17(7-4-15)13-18-8-10-19(11-9-18)14-20-12-5-16(2)21(23)22(20)24;1-10-3-6-12(7-4-10)9-13-8-5-11(2)14(16)15(13)17;/h5,12,15,17-19H,3-4,6-11,13-14H2,1-2H3;5,8,10,12H,3-4,6-7,9H2,1-2H3;. The van der Waals surface area contributed by atoms with Crippen molar-refractivity contribution in [2.75, 3.05) is 0 Å². The Kier molecular flexibility index (Phi) is 13.5. The molecule has 231 valence electrons. The molecule has 0 amide bonds. The quantitative estimate of drug-likeness (QED) is 0.234. The Balaban J connectivity index is 0.000000238. The lowest BCUT2D eigenvalue weighted by Gasteiger charge is -2.33. The molecule has 0 nitrogen and oxygen atoms in total. The summed E-state index contributed by atoms with van der Waals surface area (Å²) in [5.74, 6) is 2.03. The van der Waals surface area contributed by atoms with Crippen LogP contribution in [0.25, 0.3) is 0 Å². The molecule has 3 aliphatic rings. The molecule has 0 spiro atoms. The molecule has 5 rings (SSSR count). The van der Waals surface area contributed by atoms with Crippen molar-refractivity contribution in [3.63, 3.8) is 0 Å². The van der Waals surface area contributed by atoms with E-state index in [1.165, 1.54) is 70.6 Å². The van der Waals surface area contributed by atoms with Gasteiger partial charge in [-0.1, -0.05) is 89.5 Å².